The fraction of sp³-hybridized carbons (Fsp3) is 0.0556. The average Bonchev–Trinajstić information content (AvgIpc) is 3.03. The van der Waals surface area contributed by atoms with E-state index >= 15 is 0 Å². The third-order valence-corrected chi connectivity index (χ3v) is 3.23. The molecule has 3 heteroatoms. The van der Waals surface area contributed by atoms with E-state index in [-0.39, 0.29) is 0 Å². The van der Waals surface area contributed by atoms with Gasteiger partial charge in [0.2, 0.25) is 0 Å². The van der Waals surface area contributed by atoms with Crippen LogP contribution in [0.3, 0.4) is 0 Å². The molecule has 1 heterocycles. The normalized spacial score (nSPS) is 10.9. The van der Waals surface area contributed by atoms with Gasteiger partial charge in [-0.25, -0.2) is 4.98 Å². The minimum absolute atomic E-state index is 0.862. The van der Waals surface area contributed by atoms with Gasteiger partial charge in [-0.1, -0.05) is 42.5 Å². The summed E-state index contributed by atoms with van der Waals surface area (Å²) in [7, 11) is 1.67. The number of benzene rings is 2. The molecule has 21 heavy (non-hydrogen) atoms. The van der Waals surface area contributed by atoms with Crippen molar-refractivity contribution in [2.45, 2.75) is 0 Å². The summed E-state index contributed by atoms with van der Waals surface area (Å²) in [6.07, 6.45) is 7.84. The van der Waals surface area contributed by atoms with Crippen LogP contribution in [0.5, 0.6) is 5.75 Å². The van der Waals surface area contributed by atoms with Gasteiger partial charge in [0.1, 0.15) is 5.75 Å². The molecule has 0 fully saturated rings. The van der Waals surface area contributed by atoms with Crippen LogP contribution in [0, 0.1) is 0 Å². The Balaban J connectivity index is 1.76. The molecule has 0 unspecified atom stereocenters. The Labute approximate surface area is 124 Å². The fourth-order valence-electron chi connectivity index (χ4n) is 2.06. The molecule has 0 atom stereocenters. The highest BCUT2D eigenvalue weighted by Gasteiger charge is 1.99. The predicted molar refractivity (Wildman–Crippen MR) is 85.9 cm³/mol. The monoisotopic (exact) mass is 276 g/mol. The lowest BCUT2D eigenvalue weighted by molar-refractivity contribution is 0.415. The average molecular weight is 276 g/mol. The summed E-state index contributed by atoms with van der Waals surface area (Å²) in [6.45, 7) is 0. The summed E-state index contributed by atoms with van der Waals surface area (Å²) in [6, 6.07) is 18.1. The van der Waals surface area contributed by atoms with Crippen LogP contribution in [0.25, 0.3) is 23.5 Å². The van der Waals surface area contributed by atoms with Gasteiger partial charge in [-0.15, -0.1) is 0 Å². The molecule has 0 saturated carbocycles. The van der Waals surface area contributed by atoms with E-state index in [0.717, 1.165) is 22.6 Å². The van der Waals surface area contributed by atoms with Crippen molar-refractivity contribution < 1.29 is 4.74 Å². The molecular weight excluding hydrogens is 260 g/mol. The van der Waals surface area contributed by atoms with Crippen LogP contribution in [0.1, 0.15) is 5.56 Å². The van der Waals surface area contributed by atoms with Gasteiger partial charge in [0.25, 0.3) is 0 Å². The third kappa shape index (κ3) is 3.20. The number of rotatable bonds is 4. The van der Waals surface area contributed by atoms with E-state index in [2.05, 4.69) is 17.1 Å². The van der Waals surface area contributed by atoms with E-state index in [0.29, 0.717) is 0 Å². The number of aromatic nitrogens is 2. The van der Waals surface area contributed by atoms with E-state index in [1.165, 1.54) is 0 Å². The number of hydrogen-bond acceptors (Lipinski definition) is 2. The first-order chi connectivity index (χ1) is 10.3. The van der Waals surface area contributed by atoms with Gasteiger partial charge in [-0.2, -0.15) is 0 Å². The molecule has 0 bridgehead atoms. The summed E-state index contributed by atoms with van der Waals surface area (Å²) in [4.78, 5) is 4.42. The highest BCUT2D eigenvalue weighted by molar-refractivity contribution is 5.63. The molecule has 0 saturated heterocycles. The van der Waals surface area contributed by atoms with Gasteiger partial charge < -0.3 is 9.30 Å². The van der Waals surface area contributed by atoms with Crippen LogP contribution in [0.15, 0.2) is 67.1 Å². The van der Waals surface area contributed by atoms with Gasteiger partial charge in [-0.05, 0) is 23.8 Å². The van der Waals surface area contributed by atoms with Crippen LogP contribution in [0.4, 0.5) is 0 Å². The molecular formula is C18H16N2O. The molecule has 1 aromatic heterocycles. The highest BCUT2D eigenvalue weighted by Crippen LogP contribution is 2.17. The van der Waals surface area contributed by atoms with Crippen molar-refractivity contribution in [2.75, 3.05) is 7.11 Å². The molecule has 0 N–H and O–H groups in total. The number of imidazole rings is 1. The number of hydrogen-bond donors (Lipinski definition) is 0. The molecule has 0 spiro atoms. The van der Waals surface area contributed by atoms with E-state index in [4.69, 9.17) is 4.74 Å². The molecule has 3 nitrogen and oxygen atoms in total. The summed E-state index contributed by atoms with van der Waals surface area (Å²) in [5, 5.41) is 0. The molecule has 0 radical (unpaired) electrons. The largest absolute Gasteiger partial charge is 0.497 e. The Morgan fingerprint density at radius 3 is 2.48 bits per heavy atom. The Kier molecular flexibility index (Phi) is 3.83. The zero-order valence-electron chi connectivity index (χ0n) is 11.8. The van der Waals surface area contributed by atoms with Crippen molar-refractivity contribution in [3.8, 4) is 17.0 Å². The summed E-state index contributed by atoms with van der Waals surface area (Å²) < 4.78 is 7.10. The van der Waals surface area contributed by atoms with Crippen molar-refractivity contribution >= 4 is 12.3 Å². The minimum atomic E-state index is 0.862. The maximum Gasteiger partial charge on any atom is 0.118 e. The van der Waals surface area contributed by atoms with Gasteiger partial charge in [0.05, 0.1) is 19.1 Å². The first kappa shape index (κ1) is 13.2. The summed E-state index contributed by atoms with van der Waals surface area (Å²) in [5.74, 6) is 0.862. The van der Waals surface area contributed by atoms with E-state index in [9.17, 15) is 0 Å². The van der Waals surface area contributed by atoms with Crippen LogP contribution >= 0.6 is 0 Å². The standard InChI is InChI=1S/C18H16N2O/c1-21-17-9-7-15(8-10-17)11-12-20-13-18(19-14-20)16-5-3-2-4-6-16/h2-14H,1H3/b12-11+. The Bertz CT molecular complexity index is 727. The molecule has 0 aliphatic carbocycles. The third-order valence-electron chi connectivity index (χ3n) is 3.23. The van der Waals surface area contributed by atoms with Gasteiger partial charge in [0.15, 0.2) is 0 Å². The lowest BCUT2D eigenvalue weighted by Gasteiger charge is -1.99. The van der Waals surface area contributed by atoms with Crippen molar-refractivity contribution in [2.24, 2.45) is 0 Å². The molecule has 0 amide bonds. The van der Waals surface area contributed by atoms with Crippen molar-refractivity contribution in [1.29, 1.82) is 0 Å². The highest BCUT2D eigenvalue weighted by atomic mass is 16.5. The van der Waals surface area contributed by atoms with Crippen LogP contribution in [0.2, 0.25) is 0 Å². The second kappa shape index (κ2) is 6.09. The van der Waals surface area contributed by atoms with E-state index in [1.54, 1.807) is 7.11 Å². The maximum absolute atomic E-state index is 5.14. The number of ether oxygens (including phenoxy) is 1. The molecule has 0 aliphatic rings. The summed E-state index contributed by atoms with van der Waals surface area (Å²) >= 11 is 0. The number of methoxy groups -OCH3 is 1. The summed E-state index contributed by atoms with van der Waals surface area (Å²) in [5.41, 5.74) is 3.20. The SMILES string of the molecule is COc1ccc(/C=C/n2cnc(-c3ccccc3)c2)cc1. The lowest BCUT2D eigenvalue weighted by atomic mass is 10.2. The van der Waals surface area contributed by atoms with E-state index in [1.807, 2.05) is 71.8 Å². The molecule has 3 rings (SSSR count). The first-order valence-corrected chi connectivity index (χ1v) is 6.76. The van der Waals surface area contributed by atoms with Crippen LogP contribution in [-0.2, 0) is 0 Å². The van der Waals surface area contributed by atoms with Crippen molar-refractivity contribution in [3.63, 3.8) is 0 Å². The number of nitrogens with zero attached hydrogens (tertiary/aromatic N) is 2. The zero-order chi connectivity index (χ0) is 14.5. The Hall–Kier alpha value is -2.81. The molecule has 104 valence electrons. The Morgan fingerprint density at radius 1 is 1.00 bits per heavy atom. The first-order valence-electron chi connectivity index (χ1n) is 6.76. The van der Waals surface area contributed by atoms with Gasteiger partial charge in [-0.3, -0.25) is 0 Å². The minimum Gasteiger partial charge on any atom is -0.497 e. The molecule has 0 aliphatic heterocycles. The van der Waals surface area contributed by atoms with Crippen molar-refractivity contribution in [1.82, 2.24) is 9.55 Å². The van der Waals surface area contributed by atoms with E-state index < -0.39 is 0 Å². The van der Waals surface area contributed by atoms with Crippen molar-refractivity contribution in [3.05, 3.63) is 72.7 Å². The predicted octanol–water partition coefficient (Wildman–Crippen LogP) is 4.19. The van der Waals surface area contributed by atoms with Crippen LogP contribution < -0.4 is 4.74 Å². The quantitative estimate of drug-likeness (QED) is 0.714. The molecule has 3 aromatic rings. The van der Waals surface area contributed by atoms with Gasteiger partial charge in [0, 0.05) is 18.0 Å². The fourth-order valence-corrected chi connectivity index (χ4v) is 2.06. The molecule has 2 aromatic carbocycles. The van der Waals surface area contributed by atoms with Gasteiger partial charge >= 0.3 is 0 Å². The van der Waals surface area contributed by atoms with Crippen LogP contribution in [-0.4, -0.2) is 16.7 Å². The topological polar surface area (TPSA) is 27.1 Å². The lowest BCUT2D eigenvalue weighted by Crippen LogP contribution is -1.82. The second-order valence-electron chi connectivity index (χ2n) is 4.66. The Morgan fingerprint density at radius 2 is 1.76 bits per heavy atom. The second-order valence-corrected chi connectivity index (χ2v) is 4.66. The zero-order valence-corrected chi connectivity index (χ0v) is 11.8. The smallest absolute Gasteiger partial charge is 0.118 e. The maximum atomic E-state index is 5.14.